The van der Waals surface area contributed by atoms with Crippen molar-refractivity contribution in [1.82, 2.24) is 0 Å². The first-order chi connectivity index (χ1) is 23.1. The second-order valence-electron chi connectivity index (χ2n) is 13.6. The summed E-state index contributed by atoms with van der Waals surface area (Å²) in [6, 6.07) is 58.8. The van der Waals surface area contributed by atoms with E-state index >= 15 is 0 Å². The minimum Gasteiger partial charge on any atom is -0.0616 e. The molecule has 0 aliphatic heterocycles. The predicted octanol–water partition coefficient (Wildman–Crippen LogP) is 13.1. The smallest absolute Gasteiger partial charge is 0.0159 e. The molecule has 9 aromatic rings. The molecule has 47 heavy (non-hydrogen) atoms. The van der Waals surface area contributed by atoms with E-state index in [1.165, 1.54) is 98.4 Å². The summed E-state index contributed by atoms with van der Waals surface area (Å²) in [6.07, 6.45) is 0. The van der Waals surface area contributed by atoms with Crippen LogP contribution in [0.2, 0.25) is 0 Å². The van der Waals surface area contributed by atoms with Crippen molar-refractivity contribution in [3.63, 3.8) is 0 Å². The molecule has 0 saturated carbocycles. The maximum Gasteiger partial charge on any atom is 0.0159 e. The third kappa shape index (κ3) is 3.64. The van der Waals surface area contributed by atoms with Gasteiger partial charge in [0.25, 0.3) is 0 Å². The van der Waals surface area contributed by atoms with Crippen LogP contribution in [0.4, 0.5) is 0 Å². The van der Waals surface area contributed by atoms with Gasteiger partial charge in [-0.2, -0.15) is 0 Å². The molecule has 9 aromatic carbocycles. The largest absolute Gasteiger partial charge is 0.0616 e. The fraction of sp³-hybridized carbons (Fsp3) is 0.0638. The third-order valence-corrected chi connectivity index (χ3v) is 10.8. The van der Waals surface area contributed by atoms with Crippen LogP contribution in [0, 0.1) is 0 Å². The predicted molar refractivity (Wildman–Crippen MR) is 202 cm³/mol. The van der Waals surface area contributed by atoms with Crippen molar-refractivity contribution in [2.24, 2.45) is 0 Å². The Bertz CT molecular complexity index is 2700. The van der Waals surface area contributed by atoms with Crippen LogP contribution in [0.15, 0.2) is 158 Å². The van der Waals surface area contributed by atoms with Gasteiger partial charge in [0.1, 0.15) is 0 Å². The number of rotatable bonds is 2. The zero-order chi connectivity index (χ0) is 31.3. The van der Waals surface area contributed by atoms with E-state index in [1.807, 2.05) is 0 Å². The van der Waals surface area contributed by atoms with Crippen molar-refractivity contribution < 1.29 is 0 Å². The summed E-state index contributed by atoms with van der Waals surface area (Å²) in [5.41, 5.74) is 10.7. The summed E-state index contributed by atoms with van der Waals surface area (Å²) in [4.78, 5) is 0. The van der Waals surface area contributed by atoms with E-state index in [-0.39, 0.29) is 5.41 Å². The van der Waals surface area contributed by atoms with Crippen molar-refractivity contribution in [3.05, 3.63) is 169 Å². The van der Waals surface area contributed by atoms with Gasteiger partial charge >= 0.3 is 0 Å². The fourth-order valence-electron chi connectivity index (χ4n) is 8.63. The lowest BCUT2D eigenvalue weighted by Crippen LogP contribution is -2.15. The first-order valence-electron chi connectivity index (χ1n) is 16.6. The normalized spacial score (nSPS) is 13.5. The average Bonchev–Trinajstić information content (AvgIpc) is 3.36. The van der Waals surface area contributed by atoms with E-state index < -0.39 is 0 Å². The minimum absolute atomic E-state index is 0.135. The molecular weight excluding hydrogens is 565 g/mol. The molecule has 0 spiro atoms. The van der Waals surface area contributed by atoms with Gasteiger partial charge in [-0.25, -0.2) is 0 Å². The third-order valence-electron chi connectivity index (χ3n) is 10.8. The molecule has 0 fully saturated rings. The highest BCUT2D eigenvalue weighted by molar-refractivity contribution is 6.25. The Morgan fingerprint density at radius 3 is 1.45 bits per heavy atom. The molecule has 0 heteroatoms. The van der Waals surface area contributed by atoms with Crippen LogP contribution in [0.3, 0.4) is 0 Å². The lowest BCUT2D eigenvalue weighted by molar-refractivity contribution is 0.661. The molecular formula is C47H32. The average molecular weight is 597 g/mol. The van der Waals surface area contributed by atoms with Crippen LogP contribution in [-0.2, 0) is 5.41 Å². The lowest BCUT2D eigenvalue weighted by Gasteiger charge is -2.24. The van der Waals surface area contributed by atoms with Gasteiger partial charge in [-0.3, -0.25) is 0 Å². The zero-order valence-electron chi connectivity index (χ0n) is 26.5. The van der Waals surface area contributed by atoms with Gasteiger partial charge in [-0.15, -0.1) is 0 Å². The first-order valence-corrected chi connectivity index (χ1v) is 16.6. The summed E-state index contributed by atoms with van der Waals surface area (Å²) in [5.74, 6) is 0. The standard InChI is InChI=1S/C47H32/c1-47(2)41-26-25-30-14-5-6-16-33(30)45(41)46-35-18-8-7-17-34(35)40(28-42(46)47)44-38-21-11-9-19-36(38)43(37-20-10-12-22-39(37)44)32-24-23-29-13-3-4-15-31(29)27-32/h3-28H,1-2H3. The van der Waals surface area contributed by atoms with Crippen LogP contribution < -0.4 is 0 Å². The van der Waals surface area contributed by atoms with Crippen molar-refractivity contribution in [3.8, 4) is 33.4 Å². The van der Waals surface area contributed by atoms with Gasteiger partial charge in [0.05, 0.1) is 0 Å². The molecule has 0 heterocycles. The molecule has 220 valence electrons. The van der Waals surface area contributed by atoms with Crippen LogP contribution in [-0.4, -0.2) is 0 Å². The highest BCUT2D eigenvalue weighted by atomic mass is 14.4. The Balaban J connectivity index is 1.35. The molecule has 0 radical (unpaired) electrons. The molecule has 0 atom stereocenters. The molecule has 0 aromatic heterocycles. The fourth-order valence-corrected chi connectivity index (χ4v) is 8.63. The quantitative estimate of drug-likeness (QED) is 0.174. The molecule has 0 bridgehead atoms. The summed E-state index contributed by atoms with van der Waals surface area (Å²) in [5, 5.41) is 12.9. The summed E-state index contributed by atoms with van der Waals surface area (Å²) in [6.45, 7) is 4.81. The van der Waals surface area contributed by atoms with E-state index in [4.69, 9.17) is 0 Å². The first kappa shape index (κ1) is 26.5. The topological polar surface area (TPSA) is 0 Å². The Labute approximate surface area is 274 Å². The molecule has 10 rings (SSSR count). The van der Waals surface area contributed by atoms with E-state index in [1.54, 1.807) is 0 Å². The van der Waals surface area contributed by atoms with Crippen molar-refractivity contribution in [1.29, 1.82) is 0 Å². The van der Waals surface area contributed by atoms with Gasteiger partial charge in [0, 0.05) is 5.41 Å². The van der Waals surface area contributed by atoms with E-state index in [9.17, 15) is 0 Å². The van der Waals surface area contributed by atoms with Crippen LogP contribution in [0.5, 0.6) is 0 Å². The monoisotopic (exact) mass is 596 g/mol. The summed E-state index contributed by atoms with van der Waals surface area (Å²) < 4.78 is 0. The highest BCUT2D eigenvalue weighted by Gasteiger charge is 2.38. The Kier molecular flexibility index (Phi) is 5.44. The van der Waals surface area contributed by atoms with Gasteiger partial charge in [-0.1, -0.05) is 159 Å². The van der Waals surface area contributed by atoms with Crippen molar-refractivity contribution >= 4 is 53.9 Å². The Morgan fingerprint density at radius 2 is 0.787 bits per heavy atom. The molecule has 0 amide bonds. The van der Waals surface area contributed by atoms with Crippen LogP contribution in [0.1, 0.15) is 25.0 Å². The molecule has 0 unspecified atom stereocenters. The van der Waals surface area contributed by atoms with Gasteiger partial charge < -0.3 is 0 Å². The van der Waals surface area contributed by atoms with Crippen molar-refractivity contribution in [2.45, 2.75) is 19.3 Å². The second kappa shape index (κ2) is 9.64. The molecule has 1 aliphatic rings. The summed E-state index contributed by atoms with van der Waals surface area (Å²) in [7, 11) is 0. The van der Waals surface area contributed by atoms with Gasteiger partial charge in [0.15, 0.2) is 0 Å². The van der Waals surface area contributed by atoms with E-state index in [0.717, 1.165) is 0 Å². The lowest BCUT2D eigenvalue weighted by atomic mass is 9.79. The number of hydrogen-bond donors (Lipinski definition) is 0. The van der Waals surface area contributed by atoms with E-state index in [0.29, 0.717) is 0 Å². The molecule has 0 saturated heterocycles. The zero-order valence-corrected chi connectivity index (χ0v) is 26.5. The molecule has 0 N–H and O–H groups in total. The Hall–Kier alpha value is -5.72. The highest BCUT2D eigenvalue weighted by Crippen LogP contribution is 2.56. The maximum atomic E-state index is 2.54. The van der Waals surface area contributed by atoms with Crippen LogP contribution >= 0.6 is 0 Å². The maximum absolute atomic E-state index is 2.54. The summed E-state index contributed by atoms with van der Waals surface area (Å²) >= 11 is 0. The van der Waals surface area contributed by atoms with Crippen molar-refractivity contribution in [2.75, 3.05) is 0 Å². The van der Waals surface area contributed by atoms with Gasteiger partial charge in [0.2, 0.25) is 0 Å². The second-order valence-corrected chi connectivity index (χ2v) is 13.6. The van der Waals surface area contributed by atoms with Crippen LogP contribution in [0.25, 0.3) is 87.2 Å². The minimum atomic E-state index is -0.135. The number of hydrogen-bond acceptors (Lipinski definition) is 0. The Morgan fingerprint density at radius 1 is 0.319 bits per heavy atom. The number of benzene rings is 9. The number of fused-ring (bicyclic) bond motifs is 10. The van der Waals surface area contributed by atoms with Gasteiger partial charge in [-0.05, 0) is 111 Å². The molecule has 1 aliphatic carbocycles. The SMILES string of the molecule is CC1(C)c2ccc3ccccc3c2-c2c1cc(-c1c3ccccc3c(-c3ccc4ccccc4c3)c3ccccc13)c1ccccc21. The van der Waals surface area contributed by atoms with E-state index in [2.05, 4.69) is 172 Å². The molecule has 0 nitrogen and oxygen atoms in total.